The van der Waals surface area contributed by atoms with E-state index in [2.05, 4.69) is 0 Å². The topological polar surface area (TPSA) is 29.5 Å². The third kappa shape index (κ3) is 2.98. The first-order valence-electron chi connectivity index (χ1n) is 4.62. The second-order valence-corrected chi connectivity index (χ2v) is 3.86. The van der Waals surface area contributed by atoms with Crippen molar-refractivity contribution >= 4 is 11.6 Å². The highest BCUT2D eigenvalue weighted by atomic mass is 35.5. The molecule has 0 aromatic heterocycles. The van der Waals surface area contributed by atoms with E-state index in [0.717, 1.165) is 5.56 Å². The molecule has 1 N–H and O–H groups in total. The molecule has 0 bridgehead atoms. The molecule has 0 amide bonds. The first kappa shape index (κ1) is 11.5. The van der Waals surface area contributed by atoms with Crippen LogP contribution in [-0.4, -0.2) is 18.3 Å². The Bertz CT molecular complexity index is 297. The van der Waals surface area contributed by atoms with Crippen molar-refractivity contribution in [2.45, 2.75) is 19.4 Å². The van der Waals surface area contributed by atoms with Gasteiger partial charge in [0.05, 0.1) is 6.61 Å². The molecule has 0 saturated heterocycles. The molecule has 1 aromatic rings. The normalized spacial score (nSPS) is 15.1. The molecule has 0 fully saturated rings. The lowest BCUT2D eigenvalue weighted by atomic mass is 9.97. The van der Waals surface area contributed by atoms with Crippen LogP contribution in [-0.2, 0) is 10.3 Å². The molecule has 0 aliphatic carbocycles. The molecule has 1 rings (SSSR count). The summed E-state index contributed by atoms with van der Waals surface area (Å²) in [5, 5.41) is 10.7. The Morgan fingerprint density at radius 3 is 2.79 bits per heavy atom. The summed E-state index contributed by atoms with van der Waals surface area (Å²) in [5.74, 6) is 0. The van der Waals surface area contributed by atoms with Crippen LogP contribution < -0.4 is 0 Å². The molecule has 1 atom stereocenters. The van der Waals surface area contributed by atoms with Gasteiger partial charge >= 0.3 is 0 Å². The minimum Gasteiger partial charge on any atom is -0.383 e. The Morgan fingerprint density at radius 1 is 1.50 bits per heavy atom. The van der Waals surface area contributed by atoms with E-state index in [1.807, 2.05) is 19.1 Å². The molecule has 0 radical (unpaired) electrons. The molecule has 14 heavy (non-hydrogen) atoms. The maximum Gasteiger partial charge on any atom is 0.110 e. The zero-order chi connectivity index (χ0) is 10.6. The quantitative estimate of drug-likeness (QED) is 0.835. The average Bonchev–Trinajstić information content (AvgIpc) is 2.15. The second-order valence-electron chi connectivity index (χ2n) is 3.42. The summed E-state index contributed by atoms with van der Waals surface area (Å²) in [5.41, 5.74) is -0.195. The molecule has 0 heterocycles. The van der Waals surface area contributed by atoms with E-state index in [4.69, 9.17) is 16.3 Å². The standard InChI is InChI=1S/C11H15ClO2/c1-3-14-8-11(2,13)9-5-4-6-10(12)7-9/h4-7,13H,3,8H2,1-2H3. The third-order valence-electron chi connectivity index (χ3n) is 2.03. The molecular formula is C11H15ClO2. The van der Waals surface area contributed by atoms with Crippen LogP contribution in [0.5, 0.6) is 0 Å². The van der Waals surface area contributed by atoms with Crippen LogP contribution in [0.1, 0.15) is 19.4 Å². The Labute approximate surface area is 89.5 Å². The SMILES string of the molecule is CCOCC(C)(O)c1cccc(Cl)c1. The summed E-state index contributed by atoms with van der Waals surface area (Å²) in [6, 6.07) is 7.19. The maximum atomic E-state index is 10.1. The Hall–Kier alpha value is -0.570. The largest absolute Gasteiger partial charge is 0.383 e. The molecule has 1 aromatic carbocycles. The van der Waals surface area contributed by atoms with Gasteiger partial charge in [-0.15, -0.1) is 0 Å². The molecular weight excluding hydrogens is 200 g/mol. The van der Waals surface area contributed by atoms with E-state index in [1.54, 1.807) is 19.1 Å². The van der Waals surface area contributed by atoms with Crippen molar-refractivity contribution in [2.24, 2.45) is 0 Å². The molecule has 0 saturated carbocycles. The molecule has 0 spiro atoms. The Kier molecular flexibility index (Phi) is 3.93. The van der Waals surface area contributed by atoms with Gasteiger partial charge in [-0.25, -0.2) is 0 Å². The Morgan fingerprint density at radius 2 is 2.21 bits per heavy atom. The van der Waals surface area contributed by atoms with Gasteiger partial charge in [-0.1, -0.05) is 23.7 Å². The highest BCUT2D eigenvalue weighted by Gasteiger charge is 2.23. The Balaban J connectivity index is 2.80. The first-order valence-corrected chi connectivity index (χ1v) is 5.00. The second kappa shape index (κ2) is 4.78. The summed E-state index contributed by atoms with van der Waals surface area (Å²) in [6.07, 6.45) is 0. The van der Waals surface area contributed by atoms with Gasteiger partial charge in [-0.05, 0) is 31.5 Å². The minimum atomic E-state index is -0.971. The van der Waals surface area contributed by atoms with E-state index in [0.29, 0.717) is 11.6 Å². The average molecular weight is 215 g/mol. The first-order chi connectivity index (χ1) is 6.56. The number of ether oxygens (including phenoxy) is 1. The van der Waals surface area contributed by atoms with Crippen LogP contribution in [0.3, 0.4) is 0 Å². The summed E-state index contributed by atoms with van der Waals surface area (Å²) in [4.78, 5) is 0. The molecule has 78 valence electrons. The number of aliphatic hydroxyl groups is 1. The van der Waals surface area contributed by atoms with Gasteiger partial charge in [0.15, 0.2) is 0 Å². The van der Waals surface area contributed by atoms with Crippen LogP contribution in [0.4, 0.5) is 0 Å². The number of rotatable bonds is 4. The number of benzene rings is 1. The van der Waals surface area contributed by atoms with Crippen LogP contribution in [0.15, 0.2) is 24.3 Å². The van der Waals surface area contributed by atoms with Crippen LogP contribution in [0.25, 0.3) is 0 Å². The van der Waals surface area contributed by atoms with E-state index in [9.17, 15) is 5.11 Å². The van der Waals surface area contributed by atoms with Gasteiger partial charge in [-0.2, -0.15) is 0 Å². The number of hydrogen-bond donors (Lipinski definition) is 1. The van der Waals surface area contributed by atoms with Crippen molar-refractivity contribution in [1.82, 2.24) is 0 Å². The van der Waals surface area contributed by atoms with Crippen LogP contribution >= 0.6 is 11.6 Å². The molecule has 0 aliphatic heterocycles. The van der Waals surface area contributed by atoms with Crippen LogP contribution in [0, 0.1) is 0 Å². The fraction of sp³-hybridized carbons (Fsp3) is 0.455. The number of halogens is 1. The van der Waals surface area contributed by atoms with Gasteiger partial charge in [0, 0.05) is 11.6 Å². The van der Waals surface area contributed by atoms with Gasteiger partial charge < -0.3 is 9.84 Å². The van der Waals surface area contributed by atoms with Crippen molar-refractivity contribution in [3.05, 3.63) is 34.9 Å². The van der Waals surface area contributed by atoms with Crippen LogP contribution in [0.2, 0.25) is 5.02 Å². The highest BCUT2D eigenvalue weighted by molar-refractivity contribution is 6.30. The lowest BCUT2D eigenvalue weighted by molar-refractivity contribution is -0.0343. The van der Waals surface area contributed by atoms with Gasteiger partial charge in [0.25, 0.3) is 0 Å². The molecule has 1 unspecified atom stereocenters. The zero-order valence-corrected chi connectivity index (χ0v) is 9.21. The summed E-state index contributed by atoms with van der Waals surface area (Å²) >= 11 is 5.83. The van der Waals surface area contributed by atoms with Crippen molar-refractivity contribution < 1.29 is 9.84 Å². The fourth-order valence-electron chi connectivity index (χ4n) is 1.21. The van der Waals surface area contributed by atoms with E-state index in [-0.39, 0.29) is 6.61 Å². The van der Waals surface area contributed by atoms with Crippen molar-refractivity contribution in [3.63, 3.8) is 0 Å². The molecule has 3 heteroatoms. The van der Waals surface area contributed by atoms with Crippen molar-refractivity contribution in [3.8, 4) is 0 Å². The third-order valence-corrected chi connectivity index (χ3v) is 2.27. The van der Waals surface area contributed by atoms with Gasteiger partial charge in [0.2, 0.25) is 0 Å². The van der Waals surface area contributed by atoms with Gasteiger partial charge in [-0.3, -0.25) is 0 Å². The van der Waals surface area contributed by atoms with E-state index < -0.39 is 5.60 Å². The number of hydrogen-bond acceptors (Lipinski definition) is 2. The predicted octanol–water partition coefficient (Wildman–Crippen LogP) is 2.58. The lowest BCUT2D eigenvalue weighted by Gasteiger charge is -2.23. The summed E-state index contributed by atoms with van der Waals surface area (Å²) in [7, 11) is 0. The van der Waals surface area contributed by atoms with Crippen molar-refractivity contribution in [2.75, 3.05) is 13.2 Å². The maximum absolute atomic E-state index is 10.1. The van der Waals surface area contributed by atoms with E-state index >= 15 is 0 Å². The highest BCUT2D eigenvalue weighted by Crippen LogP contribution is 2.23. The summed E-state index contributed by atoms with van der Waals surface area (Å²) < 4.78 is 5.20. The molecule has 2 nitrogen and oxygen atoms in total. The summed E-state index contributed by atoms with van der Waals surface area (Å²) in [6.45, 7) is 4.49. The van der Waals surface area contributed by atoms with Gasteiger partial charge in [0.1, 0.15) is 5.60 Å². The van der Waals surface area contributed by atoms with E-state index in [1.165, 1.54) is 0 Å². The zero-order valence-electron chi connectivity index (χ0n) is 8.46. The smallest absolute Gasteiger partial charge is 0.110 e. The monoisotopic (exact) mass is 214 g/mol. The fourth-order valence-corrected chi connectivity index (χ4v) is 1.40. The lowest BCUT2D eigenvalue weighted by Crippen LogP contribution is -2.27. The predicted molar refractivity (Wildman–Crippen MR) is 57.5 cm³/mol. The van der Waals surface area contributed by atoms with Crippen molar-refractivity contribution in [1.29, 1.82) is 0 Å². The molecule has 0 aliphatic rings. The minimum absolute atomic E-state index is 0.282.